The van der Waals surface area contributed by atoms with Gasteiger partial charge in [0.15, 0.2) is 0 Å². The maximum atomic E-state index is 12.6. The number of hydrogen-bond donors (Lipinski definition) is 1. The fraction of sp³-hybridized carbons (Fsp3) is 0.412. The second kappa shape index (κ2) is 8.70. The number of amides is 2. The van der Waals surface area contributed by atoms with Gasteiger partial charge in [-0.05, 0) is 18.2 Å². The number of non-ortho nitro benzene ring substituents is 1. The topological polar surface area (TPSA) is 102 Å². The van der Waals surface area contributed by atoms with Gasteiger partial charge in [-0.3, -0.25) is 10.1 Å². The van der Waals surface area contributed by atoms with E-state index in [1.807, 2.05) is 6.92 Å². The molecule has 8 nitrogen and oxygen atoms in total. The number of rotatable bonds is 7. The molecule has 0 saturated heterocycles. The predicted molar refractivity (Wildman–Crippen MR) is 98.8 cm³/mol. The van der Waals surface area contributed by atoms with Crippen molar-refractivity contribution < 1.29 is 19.2 Å². The number of nitrogens with one attached hydrogen (secondary N) is 1. The van der Waals surface area contributed by atoms with Gasteiger partial charge in [0.2, 0.25) is 0 Å². The summed E-state index contributed by atoms with van der Waals surface area (Å²) in [6.07, 6.45) is 0. The Bertz CT molecular complexity index is 750. The van der Waals surface area contributed by atoms with Crippen LogP contribution in [0.3, 0.4) is 0 Å². The van der Waals surface area contributed by atoms with Gasteiger partial charge in [0.1, 0.15) is 6.61 Å². The van der Waals surface area contributed by atoms with E-state index < -0.39 is 23.0 Å². The Morgan fingerprint density at radius 3 is 2.85 bits per heavy atom. The zero-order valence-corrected chi connectivity index (χ0v) is 15.7. The van der Waals surface area contributed by atoms with Crippen LogP contribution in [0.25, 0.3) is 0 Å². The predicted octanol–water partition coefficient (Wildman–Crippen LogP) is 2.86. The van der Waals surface area contributed by atoms with Crippen LogP contribution in [0.15, 0.2) is 35.5 Å². The standard InChI is InChI=1S/C17H21N3O5S/c1-4-26-9-8-25-16(21)14-11(2)19(3)17(22)18-15(14)12-6-5-7-13(10-12)20(23)24/h5-7,10,15H,4,8-9H2,1-3H3,(H,18,22)/t15-/m1/s1. The number of nitrogens with zero attached hydrogens (tertiary/aromatic N) is 2. The molecule has 1 aliphatic heterocycles. The van der Waals surface area contributed by atoms with E-state index in [4.69, 9.17) is 4.74 Å². The number of thioether (sulfide) groups is 1. The van der Waals surface area contributed by atoms with E-state index in [1.165, 1.54) is 23.1 Å². The molecule has 0 aromatic heterocycles. The average molecular weight is 379 g/mol. The Hall–Kier alpha value is -2.55. The first-order valence-electron chi connectivity index (χ1n) is 8.11. The smallest absolute Gasteiger partial charge is 0.338 e. The minimum atomic E-state index is -0.801. The Morgan fingerprint density at radius 1 is 1.46 bits per heavy atom. The summed E-state index contributed by atoms with van der Waals surface area (Å²) in [6.45, 7) is 3.93. The van der Waals surface area contributed by atoms with Crippen molar-refractivity contribution in [3.8, 4) is 0 Å². The Balaban J connectivity index is 2.35. The van der Waals surface area contributed by atoms with Gasteiger partial charge in [-0.2, -0.15) is 11.8 Å². The van der Waals surface area contributed by atoms with E-state index in [0.29, 0.717) is 17.0 Å². The third kappa shape index (κ3) is 4.34. The Labute approximate surface area is 155 Å². The lowest BCUT2D eigenvalue weighted by Gasteiger charge is -2.33. The van der Waals surface area contributed by atoms with Crippen LogP contribution in [0, 0.1) is 10.1 Å². The van der Waals surface area contributed by atoms with Gasteiger partial charge < -0.3 is 15.0 Å². The number of hydrogen-bond acceptors (Lipinski definition) is 6. The van der Waals surface area contributed by atoms with Crippen LogP contribution >= 0.6 is 11.8 Å². The van der Waals surface area contributed by atoms with Gasteiger partial charge in [0.05, 0.1) is 16.5 Å². The average Bonchev–Trinajstić information content (AvgIpc) is 2.63. The van der Waals surface area contributed by atoms with E-state index in [-0.39, 0.29) is 17.9 Å². The first-order valence-corrected chi connectivity index (χ1v) is 9.26. The molecule has 140 valence electrons. The molecule has 0 saturated carbocycles. The number of benzene rings is 1. The number of ether oxygens (including phenoxy) is 1. The number of esters is 1. The van der Waals surface area contributed by atoms with Crippen LogP contribution in [0.1, 0.15) is 25.5 Å². The van der Waals surface area contributed by atoms with Crippen molar-refractivity contribution in [1.82, 2.24) is 10.2 Å². The van der Waals surface area contributed by atoms with Gasteiger partial charge in [0.25, 0.3) is 5.69 Å². The summed E-state index contributed by atoms with van der Waals surface area (Å²) in [5.41, 5.74) is 1.07. The molecule has 26 heavy (non-hydrogen) atoms. The zero-order chi connectivity index (χ0) is 19.3. The number of carbonyl (C=O) groups is 2. The molecule has 0 aliphatic carbocycles. The molecule has 1 heterocycles. The lowest BCUT2D eigenvalue weighted by Crippen LogP contribution is -2.46. The molecule has 1 N–H and O–H groups in total. The first kappa shape index (κ1) is 19.8. The molecule has 0 radical (unpaired) electrons. The molecular weight excluding hydrogens is 358 g/mol. The number of nitro benzene ring substituents is 1. The van der Waals surface area contributed by atoms with Crippen molar-refractivity contribution in [3.05, 3.63) is 51.2 Å². The summed E-state index contributed by atoms with van der Waals surface area (Å²) >= 11 is 1.65. The third-order valence-electron chi connectivity index (χ3n) is 4.05. The highest BCUT2D eigenvalue weighted by molar-refractivity contribution is 7.99. The van der Waals surface area contributed by atoms with Crippen LogP contribution in [-0.2, 0) is 9.53 Å². The monoisotopic (exact) mass is 379 g/mol. The summed E-state index contributed by atoms with van der Waals surface area (Å²) < 4.78 is 5.34. The van der Waals surface area contributed by atoms with Crippen LogP contribution in [0.2, 0.25) is 0 Å². The highest BCUT2D eigenvalue weighted by Gasteiger charge is 2.35. The molecule has 1 aromatic carbocycles. The molecule has 2 amide bonds. The minimum Gasteiger partial charge on any atom is -0.461 e. The molecule has 0 spiro atoms. The summed E-state index contributed by atoms with van der Waals surface area (Å²) in [4.78, 5) is 36.6. The largest absolute Gasteiger partial charge is 0.461 e. The van der Waals surface area contributed by atoms with Gasteiger partial charge in [-0.15, -0.1) is 0 Å². The van der Waals surface area contributed by atoms with Crippen LogP contribution in [0.4, 0.5) is 10.5 Å². The number of carbonyl (C=O) groups excluding carboxylic acids is 2. The summed E-state index contributed by atoms with van der Waals surface area (Å²) in [5.74, 6) is 1.06. The van der Waals surface area contributed by atoms with E-state index >= 15 is 0 Å². The van der Waals surface area contributed by atoms with Gasteiger partial charge >= 0.3 is 12.0 Å². The van der Waals surface area contributed by atoms with Crippen molar-refractivity contribution in [2.45, 2.75) is 19.9 Å². The number of urea groups is 1. The van der Waals surface area contributed by atoms with E-state index in [1.54, 1.807) is 31.8 Å². The van der Waals surface area contributed by atoms with Crippen molar-refractivity contribution >= 4 is 29.4 Å². The molecule has 1 atom stereocenters. The van der Waals surface area contributed by atoms with Gasteiger partial charge in [-0.1, -0.05) is 19.1 Å². The fourth-order valence-electron chi connectivity index (χ4n) is 2.58. The van der Waals surface area contributed by atoms with Crippen molar-refractivity contribution in [3.63, 3.8) is 0 Å². The van der Waals surface area contributed by atoms with Gasteiger partial charge in [0, 0.05) is 30.6 Å². The third-order valence-corrected chi connectivity index (χ3v) is 4.92. The van der Waals surface area contributed by atoms with Gasteiger partial charge in [-0.25, -0.2) is 9.59 Å². The number of allylic oxidation sites excluding steroid dienone is 1. The SMILES string of the molecule is CCSCCOC(=O)C1=C(C)N(C)C(=O)N[C@@H]1c1cccc([N+](=O)[O-])c1. The second-order valence-electron chi connectivity index (χ2n) is 5.63. The normalized spacial score (nSPS) is 17.1. The maximum absolute atomic E-state index is 12.6. The molecule has 9 heteroatoms. The van der Waals surface area contributed by atoms with E-state index in [9.17, 15) is 19.7 Å². The molecule has 0 bridgehead atoms. The first-order chi connectivity index (χ1) is 12.4. The molecule has 2 rings (SSSR count). The molecule has 1 aliphatic rings. The van der Waals surface area contributed by atoms with Crippen molar-refractivity contribution in [2.75, 3.05) is 25.2 Å². The van der Waals surface area contributed by atoms with Crippen LogP contribution in [-0.4, -0.2) is 47.0 Å². The second-order valence-corrected chi connectivity index (χ2v) is 7.02. The number of nitro groups is 1. The molecular formula is C17H21N3O5S. The quantitative estimate of drug-likeness (QED) is 0.338. The molecule has 0 unspecified atom stereocenters. The van der Waals surface area contributed by atoms with Crippen LogP contribution in [0.5, 0.6) is 0 Å². The summed E-state index contributed by atoms with van der Waals surface area (Å²) in [7, 11) is 1.55. The lowest BCUT2D eigenvalue weighted by molar-refractivity contribution is -0.384. The van der Waals surface area contributed by atoms with Crippen molar-refractivity contribution in [1.29, 1.82) is 0 Å². The van der Waals surface area contributed by atoms with Crippen molar-refractivity contribution in [2.24, 2.45) is 0 Å². The van der Waals surface area contributed by atoms with Crippen LogP contribution < -0.4 is 5.32 Å². The van der Waals surface area contributed by atoms with E-state index in [0.717, 1.165) is 5.75 Å². The highest BCUT2D eigenvalue weighted by atomic mass is 32.2. The Morgan fingerprint density at radius 2 is 2.19 bits per heavy atom. The Kier molecular flexibility index (Phi) is 6.62. The molecule has 0 fully saturated rings. The zero-order valence-electron chi connectivity index (χ0n) is 14.9. The highest BCUT2D eigenvalue weighted by Crippen LogP contribution is 2.32. The fourth-order valence-corrected chi connectivity index (χ4v) is 3.07. The summed E-state index contributed by atoms with van der Waals surface area (Å²) in [5, 5.41) is 13.8. The minimum absolute atomic E-state index is 0.111. The maximum Gasteiger partial charge on any atom is 0.338 e. The van der Waals surface area contributed by atoms with E-state index in [2.05, 4.69) is 5.32 Å². The summed E-state index contributed by atoms with van der Waals surface area (Å²) in [6, 6.07) is 4.67. The molecule has 1 aromatic rings. The lowest BCUT2D eigenvalue weighted by atomic mass is 9.95.